The van der Waals surface area contributed by atoms with E-state index in [2.05, 4.69) is 0 Å². The van der Waals surface area contributed by atoms with Crippen LogP contribution in [-0.4, -0.2) is 36.1 Å². The molecule has 1 aromatic carbocycles. The average molecular weight is 336 g/mol. The van der Waals surface area contributed by atoms with Crippen molar-refractivity contribution in [3.8, 4) is 5.75 Å². The number of benzene rings is 1. The van der Waals surface area contributed by atoms with Crippen molar-refractivity contribution < 1.29 is 24.0 Å². The van der Waals surface area contributed by atoms with E-state index < -0.39 is 28.9 Å². The van der Waals surface area contributed by atoms with Crippen LogP contribution in [0.3, 0.4) is 0 Å². The highest BCUT2D eigenvalue weighted by Gasteiger charge is 2.42. The minimum absolute atomic E-state index is 0.126. The fraction of sp³-hybridized carbons (Fsp3) is 0.500. The van der Waals surface area contributed by atoms with E-state index in [1.54, 1.807) is 6.92 Å². The number of ether oxygens (including phenoxy) is 2. The Morgan fingerprint density at radius 3 is 2.62 bits per heavy atom. The topological polar surface area (TPSA) is 99.0 Å². The van der Waals surface area contributed by atoms with Gasteiger partial charge in [0, 0.05) is 12.1 Å². The maximum atomic E-state index is 12.9. The number of nitrogens with zero attached hydrogens (tertiary/aromatic N) is 2. The molecule has 0 spiro atoms. The van der Waals surface area contributed by atoms with Gasteiger partial charge in [0.05, 0.1) is 17.7 Å². The Morgan fingerprint density at radius 1 is 1.46 bits per heavy atom. The van der Waals surface area contributed by atoms with Crippen LogP contribution in [0.5, 0.6) is 5.75 Å². The number of nitro groups is 1. The molecule has 8 nitrogen and oxygen atoms in total. The van der Waals surface area contributed by atoms with Gasteiger partial charge in [-0.05, 0) is 18.4 Å². The third-order valence-electron chi connectivity index (χ3n) is 3.92. The number of hydrogen-bond donors (Lipinski definition) is 0. The van der Waals surface area contributed by atoms with Gasteiger partial charge >= 0.3 is 5.97 Å². The molecule has 1 aliphatic heterocycles. The predicted molar refractivity (Wildman–Crippen MR) is 85.9 cm³/mol. The zero-order chi connectivity index (χ0) is 18.0. The van der Waals surface area contributed by atoms with Gasteiger partial charge in [-0.1, -0.05) is 20.8 Å². The molecule has 0 saturated heterocycles. The lowest BCUT2D eigenvalue weighted by Crippen LogP contribution is -2.55. The van der Waals surface area contributed by atoms with E-state index >= 15 is 0 Å². The number of non-ortho nitro benzene ring substituents is 1. The molecule has 1 aromatic rings. The summed E-state index contributed by atoms with van der Waals surface area (Å²) in [6.45, 7) is 5.40. The first kappa shape index (κ1) is 17.7. The summed E-state index contributed by atoms with van der Waals surface area (Å²) in [5.74, 6) is -0.775. The zero-order valence-corrected chi connectivity index (χ0v) is 14.0. The second-order valence-electron chi connectivity index (χ2n) is 5.85. The summed E-state index contributed by atoms with van der Waals surface area (Å²) in [5, 5.41) is 11.0. The molecular weight excluding hydrogens is 316 g/mol. The highest BCUT2D eigenvalue weighted by Crippen LogP contribution is 2.39. The summed E-state index contributed by atoms with van der Waals surface area (Å²) in [5.41, 5.74) is 0.0289. The van der Waals surface area contributed by atoms with E-state index in [0.717, 1.165) is 0 Å². The Bertz CT molecular complexity index is 673. The summed E-state index contributed by atoms with van der Waals surface area (Å²) >= 11 is 0. The summed E-state index contributed by atoms with van der Waals surface area (Å²) in [6, 6.07) is 3.14. The van der Waals surface area contributed by atoms with Crippen LogP contribution in [0, 0.1) is 16.0 Å². The first-order chi connectivity index (χ1) is 11.3. The number of hydrogen-bond acceptors (Lipinski definition) is 6. The number of amides is 1. The lowest BCUT2D eigenvalue weighted by Gasteiger charge is -2.38. The second kappa shape index (κ2) is 6.86. The van der Waals surface area contributed by atoms with E-state index in [9.17, 15) is 19.7 Å². The van der Waals surface area contributed by atoms with Crippen molar-refractivity contribution in [3.05, 3.63) is 28.3 Å². The number of carbonyl (C=O) groups is 2. The van der Waals surface area contributed by atoms with Crippen molar-refractivity contribution in [2.75, 3.05) is 12.0 Å². The van der Waals surface area contributed by atoms with Crippen molar-refractivity contribution in [3.63, 3.8) is 0 Å². The van der Waals surface area contributed by atoms with Gasteiger partial charge in [-0.25, -0.2) is 4.79 Å². The van der Waals surface area contributed by atoms with E-state index in [1.807, 2.05) is 13.8 Å². The molecule has 2 unspecified atom stereocenters. The molecule has 0 radical (unpaired) electrons. The van der Waals surface area contributed by atoms with Crippen LogP contribution in [0.15, 0.2) is 18.2 Å². The highest BCUT2D eigenvalue weighted by molar-refractivity contribution is 6.05. The third-order valence-corrected chi connectivity index (χ3v) is 3.92. The van der Waals surface area contributed by atoms with Crippen LogP contribution in [0.4, 0.5) is 11.4 Å². The number of rotatable bonds is 5. The van der Waals surface area contributed by atoms with Gasteiger partial charge in [0.2, 0.25) is 0 Å². The molecule has 1 aliphatic rings. The van der Waals surface area contributed by atoms with Gasteiger partial charge in [-0.15, -0.1) is 0 Å². The number of anilines is 1. The Morgan fingerprint density at radius 2 is 2.12 bits per heavy atom. The lowest BCUT2D eigenvalue weighted by molar-refractivity contribution is -0.384. The van der Waals surface area contributed by atoms with Crippen LogP contribution in [0.2, 0.25) is 0 Å². The van der Waals surface area contributed by atoms with Crippen molar-refractivity contribution in [1.29, 1.82) is 0 Å². The molecule has 1 amide bonds. The van der Waals surface area contributed by atoms with Crippen molar-refractivity contribution in [2.24, 2.45) is 5.92 Å². The highest BCUT2D eigenvalue weighted by atomic mass is 16.6. The minimum atomic E-state index is -0.867. The van der Waals surface area contributed by atoms with Crippen LogP contribution < -0.4 is 9.64 Å². The average Bonchev–Trinajstić information content (AvgIpc) is 2.55. The Balaban J connectivity index is 2.61. The number of fused-ring (bicyclic) bond motifs is 1. The van der Waals surface area contributed by atoms with E-state index in [0.29, 0.717) is 12.2 Å². The summed E-state index contributed by atoms with van der Waals surface area (Å²) in [7, 11) is 1.24. The molecule has 8 heteroatoms. The zero-order valence-electron chi connectivity index (χ0n) is 14.0. The van der Waals surface area contributed by atoms with Crippen LogP contribution in [0.25, 0.3) is 0 Å². The van der Waals surface area contributed by atoms with E-state index in [4.69, 9.17) is 9.47 Å². The van der Waals surface area contributed by atoms with Gasteiger partial charge in [-0.2, -0.15) is 0 Å². The number of methoxy groups -OCH3 is 1. The monoisotopic (exact) mass is 336 g/mol. The van der Waals surface area contributed by atoms with Gasteiger partial charge in [0.25, 0.3) is 11.6 Å². The summed E-state index contributed by atoms with van der Waals surface area (Å²) in [4.78, 5) is 36.7. The first-order valence-electron chi connectivity index (χ1n) is 7.67. The molecule has 0 aromatic heterocycles. The van der Waals surface area contributed by atoms with Gasteiger partial charge in [0.1, 0.15) is 11.8 Å². The molecule has 1 heterocycles. The van der Waals surface area contributed by atoms with Gasteiger partial charge < -0.3 is 9.47 Å². The fourth-order valence-corrected chi connectivity index (χ4v) is 2.68. The number of carbonyl (C=O) groups excluding carboxylic acids is 2. The van der Waals surface area contributed by atoms with Crippen LogP contribution in [-0.2, 0) is 14.3 Å². The standard InChI is InChI=1S/C16H20N2O6/c1-5-11(16(20)23-4)17-12-8-10(18(21)22)6-7-13(12)24-14(9(2)3)15(17)19/h6-9,11,14H,5H2,1-4H3. The largest absolute Gasteiger partial charge is 0.478 e. The molecule has 0 aliphatic carbocycles. The molecular formula is C16H20N2O6. The predicted octanol–water partition coefficient (Wildman–Crippen LogP) is 2.30. The molecule has 24 heavy (non-hydrogen) atoms. The van der Waals surface area contributed by atoms with Gasteiger partial charge in [-0.3, -0.25) is 19.8 Å². The quantitative estimate of drug-likeness (QED) is 0.465. The fourth-order valence-electron chi connectivity index (χ4n) is 2.68. The molecule has 0 fully saturated rings. The summed E-state index contributed by atoms with van der Waals surface area (Å²) < 4.78 is 10.5. The van der Waals surface area contributed by atoms with E-state index in [1.165, 1.54) is 30.2 Å². The molecule has 2 rings (SSSR count). The normalized spacial score (nSPS) is 18.0. The molecule has 0 N–H and O–H groups in total. The lowest BCUT2D eigenvalue weighted by atomic mass is 10.0. The third kappa shape index (κ3) is 3.04. The van der Waals surface area contributed by atoms with Crippen molar-refractivity contribution in [1.82, 2.24) is 0 Å². The number of esters is 1. The van der Waals surface area contributed by atoms with Crippen LogP contribution in [0.1, 0.15) is 27.2 Å². The van der Waals surface area contributed by atoms with Crippen molar-refractivity contribution >= 4 is 23.3 Å². The van der Waals surface area contributed by atoms with Crippen LogP contribution >= 0.6 is 0 Å². The Hall–Kier alpha value is -2.64. The SMILES string of the molecule is CCC(C(=O)OC)N1C(=O)C(C(C)C)Oc2ccc([N+](=O)[O-])cc21. The first-order valence-corrected chi connectivity index (χ1v) is 7.67. The maximum Gasteiger partial charge on any atom is 0.328 e. The molecule has 2 atom stereocenters. The Labute approximate surface area is 139 Å². The van der Waals surface area contributed by atoms with Crippen molar-refractivity contribution in [2.45, 2.75) is 39.3 Å². The number of nitro benzene ring substituents is 1. The Kier molecular flexibility index (Phi) is 5.06. The second-order valence-corrected chi connectivity index (χ2v) is 5.85. The van der Waals surface area contributed by atoms with E-state index in [-0.39, 0.29) is 17.3 Å². The smallest absolute Gasteiger partial charge is 0.328 e. The minimum Gasteiger partial charge on any atom is -0.478 e. The van der Waals surface area contributed by atoms with Gasteiger partial charge in [0.15, 0.2) is 6.10 Å². The maximum absolute atomic E-state index is 12.9. The molecule has 0 bridgehead atoms. The summed E-state index contributed by atoms with van der Waals surface area (Å²) in [6.07, 6.45) is -0.455. The molecule has 0 saturated carbocycles. The molecule has 130 valence electrons.